The molecule has 1 fully saturated rings. The van der Waals surface area contributed by atoms with Gasteiger partial charge in [0.1, 0.15) is 0 Å². The van der Waals surface area contributed by atoms with Crippen molar-refractivity contribution in [1.29, 1.82) is 0 Å². The molecule has 0 atom stereocenters. The van der Waals surface area contributed by atoms with Crippen molar-refractivity contribution in [1.82, 2.24) is 4.57 Å². The highest BCUT2D eigenvalue weighted by molar-refractivity contribution is 5.89. The third kappa shape index (κ3) is 1.99. The van der Waals surface area contributed by atoms with E-state index >= 15 is 0 Å². The van der Waals surface area contributed by atoms with Gasteiger partial charge in [-0.1, -0.05) is 19.3 Å². The Morgan fingerprint density at radius 3 is 2.35 bits per heavy atom. The van der Waals surface area contributed by atoms with Crippen molar-refractivity contribution in [3.8, 4) is 0 Å². The van der Waals surface area contributed by atoms with E-state index in [0.29, 0.717) is 5.56 Å². The van der Waals surface area contributed by atoms with E-state index in [1.165, 1.54) is 19.3 Å². The molecule has 1 heterocycles. The minimum atomic E-state index is -0.816. The summed E-state index contributed by atoms with van der Waals surface area (Å²) in [7, 11) is 0. The standard InChI is InChI=1S/C14H21NO2/c1-10-9-12(13(16)17)11(2)15(10)14(3)7-5-4-6-8-14/h9H,4-8H2,1-3H3,(H,16,17). The molecule has 0 saturated heterocycles. The first-order valence-corrected chi connectivity index (χ1v) is 6.38. The van der Waals surface area contributed by atoms with E-state index in [-0.39, 0.29) is 5.54 Å². The fourth-order valence-electron chi connectivity index (χ4n) is 3.35. The molecule has 1 saturated carbocycles. The Kier molecular flexibility index (Phi) is 3.02. The molecular formula is C14H21NO2. The number of carbonyl (C=O) groups is 1. The maximum absolute atomic E-state index is 11.2. The third-order valence-electron chi connectivity index (χ3n) is 4.13. The second kappa shape index (κ2) is 4.21. The molecule has 2 rings (SSSR count). The quantitative estimate of drug-likeness (QED) is 0.852. The van der Waals surface area contributed by atoms with Crippen LogP contribution in [0.4, 0.5) is 0 Å². The van der Waals surface area contributed by atoms with Crippen molar-refractivity contribution < 1.29 is 9.90 Å². The second-order valence-electron chi connectivity index (χ2n) is 5.48. The molecule has 0 radical (unpaired) electrons. The number of carboxylic acids is 1. The van der Waals surface area contributed by atoms with Crippen molar-refractivity contribution in [3.63, 3.8) is 0 Å². The highest BCUT2D eigenvalue weighted by Crippen LogP contribution is 2.37. The average Bonchev–Trinajstić information content (AvgIpc) is 2.56. The van der Waals surface area contributed by atoms with Gasteiger partial charge in [-0.2, -0.15) is 0 Å². The topological polar surface area (TPSA) is 42.2 Å². The summed E-state index contributed by atoms with van der Waals surface area (Å²) in [5.74, 6) is -0.816. The van der Waals surface area contributed by atoms with Gasteiger partial charge in [-0.25, -0.2) is 4.79 Å². The van der Waals surface area contributed by atoms with Crippen molar-refractivity contribution in [2.75, 3.05) is 0 Å². The average molecular weight is 235 g/mol. The van der Waals surface area contributed by atoms with Crippen molar-refractivity contribution in [2.45, 2.75) is 58.4 Å². The Bertz CT molecular complexity index is 439. The van der Waals surface area contributed by atoms with Gasteiger partial charge in [-0.05, 0) is 39.7 Å². The number of hydrogen-bond donors (Lipinski definition) is 1. The molecule has 17 heavy (non-hydrogen) atoms. The van der Waals surface area contributed by atoms with Gasteiger partial charge < -0.3 is 9.67 Å². The molecule has 1 aromatic rings. The lowest BCUT2D eigenvalue weighted by Gasteiger charge is -2.37. The maximum atomic E-state index is 11.2. The number of carboxylic acid groups (broad SMARTS) is 1. The van der Waals surface area contributed by atoms with Gasteiger partial charge in [-0.15, -0.1) is 0 Å². The predicted molar refractivity (Wildman–Crippen MR) is 67.6 cm³/mol. The summed E-state index contributed by atoms with van der Waals surface area (Å²) in [5, 5.41) is 9.17. The van der Waals surface area contributed by atoms with Crippen LogP contribution in [0.5, 0.6) is 0 Å². The van der Waals surface area contributed by atoms with Crippen LogP contribution in [0, 0.1) is 13.8 Å². The zero-order chi connectivity index (χ0) is 12.6. The van der Waals surface area contributed by atoms with Crippen LogP contribution in [0.3, 0.4) is 0 Å². The van der Waals surface area contributed by atoms with Crippen LogP contribution in [0.1, 0.15) is 60.8 Å². The lowest BCUT2D eigenvalue weighted by Crippen LogP contribution is -2.34. The van der Waals surface area contributed by atoms with Gasteiger partial charge in [0, 0.05) is 16.9 Å². The molecule has 94 valence electrons. The molecule has 0 spiro atoms. The summed E-state index contributed by atoms with van der Waals surface area (Å²) < 4.78 is 2.25. The monoisotopic (exact) mass is 235 g/mol. The second-order valence-corrected chi connectivity index (χ2v) is 5.48. The van der Waals surface area contributed by atoms with Crippen LogP contribution in [0.25, 0.3) is 0 Å². The van der Waals surface area contributed by atoms with Crippen LogP contribution in [-0.2, 0) is 5.54 Å². The van der Waals surface area contributed by atoms with Crippen LogP contribution in [-0.4, -0.2) is 15.6 Å². The Labute approximate surface area is 102 Å². The van der Waals surface area contributed by atoms with Gasteiger partial charge in [-0.3, -0.25) is 0 Å². The van der Waals surface area contributed by atoms with Crippen LogP contribution in [0.2, 0.25) is 0 Å². The number of hydrogen-bond acceptors (Lipinski definition) is 1. The lowest BCUT2D eigenvalue weighted by molar-refractivity contribution is 0.0695. The number of nitrogens with zero attached hydrogens (tertiary/aromatic N) is 1. The Balaban J connectivity index is 2.47. The summed E-state index contributed by atoms with van der Waals surface area (Å²) in [5.41, 5.74) is 2.54. The Morgan fingerprint density at radius 2 is 1.88 bits per heavy atom. The van der Waals surface area contributed by atoms with Gasteiger partial charge >= 0.3 is 5.97 Å². The summed E-state index contributed by atoms with van der Waals surface area (Å²) in [6, 6.07) is 1.80. The van der Waals surface area contributed by atoms with E-state index in [1.54, 1.807) is 6.07 Å². The summed E-state index contributed by atoms with van der Waals surface area (Å²) in [6.45, 7) is 6.20. The zero-order valence-electron chi connectivity index (χ0n) is 10.9. The number of aromatic nitrogens is 1. The maximum Gasteiger partial charge on any atom is 0.337 e. The first-order valence-electron chi connectivity index (χ1n) is 6.38. The SMILES string of the molecule is Cc1cc(C(=O)O)c(C)n1C1(C)CCCCC1. The lowest BCUT2D eigenvalue weighted by atomic mass is 9.82. The van der Waals surface area contributed by atoms with Gasteiger partial charge in [0.05, 0.1) is 5.56 Å². The highest BCUT2D eigenvalue weighted by atomic mass is 16.4. The van der Waals surface area contributed by atoms with Gasteiger partial charge in [0.15, 0.2) is 0 Å². The highest BCUT2D eigenvalue weighted by Gasteiger charge is 2.32. The third-order valence-corrected chi connectivity index (χ3v) is 4.13. The molecule has 1 aromatic heterocycles. The van der Waals surface area contributed by atoms with Gasteiger partial charge in [0.25, 0.3) is 0 Å². The van der Waals surface area contributed by atoms with Crippen LogP contribution in [0.15, 0.2) is 6.07 Å². The minimum absolute atomic E-state index is 0.111. The number of aryl methyl sites for hydroxylation is 1. The predicted octanol–water partition coefficient (Wildman–Crippen LogP) is 3.48. The first-order chi connectivity index (χ1) is 7.96. The Hall–Kier alpha value is -1.25. The van der Waals surface area contributed by atoms with Crippen molar-refractivity contribution >= 4 is 5.97 Å². The molecule has 0 unspecified atom stereocenters. The molecule has 0 amide bonds. The number of rotatable bonds is 2. The summed E-state index contributed by atoms with van der Waals surface area (Å²) >= 11 is 0. The molecule has 0 aromatic carbocycles. The van der Waals surface area contributed by atoms with E-state index in [4.69, 9.17) is 0 Å². The molecule has 1 aliphatic rings. The number of aromatic carboxylic acids is 1. The van der Waals surface area contributed by atoms with Crippen LogP contribution >= 0.6 is 0 Å². The minimum Gasteiger partial charge on any atom is -0.478 e. The summed E-state index contributed by atoms with van der Waals surface area (Å²) in [4.78, 5) is 11.2. The smallest absolute Gasteiger partial charge is 0.337 e. The molecule has 1 N–H and O–H groups in total. The van der Waals surface area contributed by atoms with Gasteiger partial charge in [0.2, 0.25) is 0 Å². The Morgan fingerprint density at radius 1 is 1.29 bits per heavy atom. The van der Waals surface area contributed by atoms with E-state index in [2.05, 4.69) is 11.5 Å². The van der Waals surface area contributed by atoms with Crippen LogP contribution < -0.4 is 0 Å². The molecule has 3 nitrogen and oxygen atoms in total. The normalized spacial score (nSPS) is 19.2. The molecule has 0 aliphatic heterocycles. The largest absolute Gasteiger partial charge is 0.478 e. The van der Waals surface area contributed by atoms with E-state index in [9.17, 15) is 9.90 Å². The van der Waals surface area contributed by atoms with Crippen molar-refractivity contribution in [2.24, 2.45) is 0 Å². The fourth-order valence-corrected chi connectivity index (χ4v) is 3.35. The first kappa shape index (κ1) is 12.2. The molecule has 1 aliphatic carbocycles. The van der Waals surface area contributed by atoms with Crippen molar-refractivity contribution in [3.05, 3.63) is 23.0 Å². The summed E-state index contributed by atoms with van der Waals surface area (Å²) in [6.07, 6.45) is 6.11. The molecule has 0 bridgehead atoms. The van der Waals surface area contributed by atoms with E-state index < -0.39 is 5.97 Å². The molecule has 3 heteroatoms. The zero-order valence-corrected chi connectivity index (χ0v) is 10.9. The van der Waals surface area contributed by atoms with E-state index in [1.807, 2.05) is 13.8 Å². The fraction of sp³-hybridized carbons (Fsp3) is 0.643. The van der Waals surface area contributed by atoms with E-state index in [0.717, 1.165) is 24.2 Å². The molecular weight excluding hydrogens is 214 g/mol.